The molecule has 1 aromatic heterocycles. The Bertz CT molecular complexity index is 448. The zero-order valence-corrected chi connectivity index (χ0v) is 11.7. The molecule has 2 rings (SSSR count). The summed E-state index contributed by atoms with van der Waals surface area (Å²) in [5, 5.41) is 2.86. The van der Waals surface area contributed by atoms with Gasteiger partial charge in [-0.1, -0.05) is 6.42 Å². The third-order valence-corrected chi connectivity index (χ3v) is 3.50. The third-order valence-electron chi connectivity index (χ3n) is 3.50. The summed E-state index contributed by atoms with van der Waals surface area (Å²) in [5.41, 5.74) is 0.617. The second kappa shape index (κ2) is 7.62. The van der Waals surface area contributed by atoms with Crippen molar-refractivity contribution in [2.45, 2.75) is 32.1 Å². The van der Waals surface area contributed by atoms with E-state index in [4.69, 9.17) is 0 Å². The molecular formula is C15H21N3O2. The molecule has 5 heteroatoms. The number of hydrogen-bond donors (Lipinski definition) is 1. The first kappa shape index (κ1) is 14.5. The fourth-order valence-electron chi connectivity index (χ4n) is 2.35. The maximum Gasteiger partial charge on any atom is 0.251 e. The molecular weight excluding hydrogens is 254 g/mol. The average Bonchev–Trinajstić information content (AvgIpc) is 2.69. The SMILES string of the molecule is O=C(NCCCN1CCCCCC1=O)c1ccncc1. The highest BCUT2D eigenvalue weighted by Crippen LogP contribution is 2.11. The molecule has 1 aromatic rings. The molecule has 0 unspecified atom stereocenters. The van der Waals surface area contributed by atoms with Crippen molar-refractivity contribution in [1.29, 1.82) is 0 Å². The summed E-state index contributed by atoms with van der Waals surface area (Å²) in [7, 11) is 0. The zero-order chi connectivity index (χ0) is 14.2. The molecule has 5 nitrogen and oxygen atoms in total. The lowest BCUT2D eigenvalue weighted by Crippen LogP contribution is -2.34. The van der Waals surface area contributed by atoms with Crippen molar-refractivity contribution in [3.05, 3.63) is 30.1 Å². The minimum atomic E-state index is -0.0883. The Balaban J connectivity index is 1.68. The van der Waals surface area contributed by atoms with Crippen LogP contribution < -0.4 is 5.32 Å². The van der Waals surface area contributed by atoms with E-state index in [0.29, 0.717) is 18.5 Å². The van der Waals surface area contributed by atoms with Crippen molar-refractivity contribution < 1.29 is 9.59 Å². The van der Waals surface area contributed by atoms with Gasteiger partial charge in [0.25, 0.3) is 5.91 Å². The number of nitrogens with zero attached hydrogens (tertiary/aromatic N) is 2. The van der Waals surface area contributed by atoms with Gasteiger partial charge in [0.2, 0.25) is 5.91 Å². The van der Waals surface area contributed by atoms with E-state index in [2.05, 4.69) is 10.3 Å². The predicted molar refractivity (Wildman–Crippen MR) is 76.2 cm³/mol. The largest absolute Gasteiger partial charge is 0.352 e. The summed E-state index contributed by atoms with van der Waals surface area (Å²) in [4.78, 5) is 29.4. The number of likely N-dealkylation sites (tertiary alicyclic amines) is 1. The summed E-state index contributed by atoms with van der Waals surface area (Å²) in [5.74, 6) is 0.164. The molecule has 1 saturated heterocycles. The number of hydrogen-bond acceptors (Lipinski definition) is 3. The standard InChI is InChI=1S/C15H21N3O2/c19-14-5-2-1-3-11-18(14)12-4-8-17-15(20)13-6-9-16-10-7-13/h6-7,9-10H,1-5,8,11-12H2,(H,17,20). The van der Waals surface area contributed by atoms with Gasteiger partial charge in [-0.25, -0.2) is 0 Å². The molecule has 108 valence electrons. The lowest BCUT2D eigenvalue weighted by molar-refractivity contribution is -0.130. The number of aromatic nitrogens is 1. The highest BCUT2D eigenvalue weighted by Gasteiger charge is 2.15. The van der Waals surface area contributed by atoms with Gasteiger partial charge in [0.15, 0.2) is 0 Å². The molecule has 20 heavy (non-hydrogen) atoms. The normalized spacial score (nSPS) is 15.8. The van der Waals surface area contributed by atoms with Crippen LogP contribution in [-0.2, 0) is 4.79 Å². The third kappa shape index (κ3) is 4.33. The first-order valence-electron chi connectivity index (χ1n) is 7.23. The Hall–Kier alpha value is -1.91. The minimum absolute atomic E-state index is 0.0883. The van der Waals surface area contributed by atoms with Crippen LogP contribution in [0.1, 0.15) is 42.5 Å². The van der Waals surface area contributed by atoms with Gasteiger partial charge < -0.3 is 10.2 Å². The summed E-state index contributed by atoms with van der Waals surface area (Å²) in [6.45, 7) is 2.18. The Kier molecular flexibility index (Phi) is 5.53. The van der Waals surface area contributed by atoms with E-state index in [1.165, 1.54) is 0 Å². The number of pyridine rings is 1. The van der Waals surface area contributed by atoms with Gasteiger partial charge in [-0.05, 0) is 31.4 Å². The van der Waals surface area contributed by atoms with Crippen LogP contribution >= 0.6 is 0 Å². The Labute approximate surface area is 119 Å². The van der Waals surface area contributed by atoms with Crippen LogP contribution in [0.4, 0.5) is 0 Å². The van der Waals surface area contributed by atoms with Gasteiger partial charge in [-0.3, -0.25) is 14.6 Å². The van der Waals surface area contributed by atoms with E-state index in [0.717, 1.165) is 38.8 Å². The van der Waals surface area contributed by atoms with Crippen molar-refractivity contribution in [1.82, 2.24) is 15.2 Å². The molecule has 1 aliphatic rings. The van der Waals surface area contributed by atoms with Gasteiger partial charge in [0.1, 0.15) is 0 Å². The van der Waals surface area contributed by atoms with E-state index < -0.39 is 0 Å². The molecule has 0 atom stereocenters. The Morgan fingerprint density at radius 1 is 1.25 bits per heavy atom. The van der Waals surface area contributed by atoms with Gasteiger partial charge >= 0.3 is 0 Å². The highest BCUT2D eigenvalue weighted by molar-refractivity contribution is 5.93. The van der Waals surface area contributed by atoms with Crippen LogP contribution in [0.2, 0.25) is 0 Å². The van der Waals surface area contributed by atoms with Crippen molar-refractivity contribution in [2.75, 3.05) is 19.6 Å². The number of rotatable bonds is 5. The molecule has 2 amide bonds. The summed E-state index contributed by atoms with van der Waals surface area (Å²) in [6, 6.07) is 3.38. The number of nitrogens with one attached hydrogen (secondary N) is 1. The molecule has 0 saturated carbocycles. The summed E-state index contributed by atoms with van der Waals surface area (Å²) >= 11 is 0. The summed E-state index contributed by atoms with van der Waals surface area (Å²) < 4.78 is 0. The predicted octanol–water partition coefficient (Wildman–Crippen LogP) is 1.60. The molecule has 2 heterocycles. The van der Waals surface area contributed by atoms with Crippen molar-refractivity contribution >= 4 is 11.8 Å². The number of carbonyl (C=O) groups excluding carboxylic acids is 2. The molecule has 0 aliphatic carbocycles. The second-order valence-corrected chi connectivity index (χ2v) is 5.04. The molecule has 0 bridgehead atoms. The van der Waals surface area contributed by atoms with Crippen LogP contribution in [0, 0.1) is 0 Å². The van der Waals surface area contributed by atoms with Gasteiger partial charge in [-0.2, -0.15) is 0 Å². The first-order valence-corrected chi connectivity index (χ1v) is 7.23. The van der Waals surface area contributed by atoms with Crippen LogP contribution in [-0.4, -0.2) is 41.3 Å². The number of carbonyl (C=O) groups is 2. The number of amides is 2. The maximum atomic E-state index is 11.8. The Morgan fingerprint density at radius 2 is 2.05 bits per heavy atom. The lowest BCUT2D eigenvalue weighted by atomic mass is 10.2. The van der Waals surface area contributed by atoms with E-state index in [1.54, 1.807) is 24.5 Å². The van der Waals surface area contributed by atoms with Gasteiger partial charge in [0.05, 0.1) is 0 Å². The van der Waals surface area contributed by atoms with Crippen LogP contribution in [0.25, 0.3) is 0 Å². The smallest absolute Gasteiger partial charge is 0.251 e. The fraction of sp³-hybridized carbons (Fsp3) is 0.533. The van der Waals surface area contributed by atoms with E-state index >= 15 is 0 Å². The summed E-state index contributed by atoms with van der Waals surface area (Å²) in [6.07, 6.45) is 7.91. The quantitative estimate of drug-likeness (QED) is 0.830. The van der Waals surface area contributed by atoms with Crippen molar-refractivity contribution in [3.8, 4) is 0 Å². The zero-order valence-electron chi connectivity index (χ0n) is 11.7. The molecule has 1 N–H and O–H groups in total. The Morgan fingerprint density at radius 3 is 2.85 bits per heavy atom. The van der Waals surface area contributed by atoms with Crippen LogP contribution in [0.5, 0.6) is 0 Å². The topological polar surface area (TPSA) is 62.3 Å². The average molecular weight is 275 g/mol. The molecule has 0 spiro atoms. The molecule has 1 aliphatic heterocycles. The van der Waals surface area contributed by atoms with Crippen molar-refractivity contribution in [2.24, 2.45) is 0 Å². The lowest BCUT2D eigenvalue weighted by Gasteiger charge is -2.20. The molecule has 0 aromatic carbocycles. The van der Waals surface area contributed by atoms with E-state index in [-0.39, 0.29) is 11.8 Å². The van der Waals surface area contributed by atoms with E-state index in [9.17, 15) is 9.59 Å². The van der Waals surface area contributed by atoms with Gasteiger partial charge in [0, 0.05) is 44.0 Å². The first-order chi connectivity index (χ1) is 9.77. The molecule has 0 radical (unpaired) electrons. The highest BCUT2D eigenvalue weighted by atomic mass is 16.2. The molecule has 1 fully saturated rings. The second-order valence-electron chi connectivity index (χ2n) is 5.04. The van der Waals surface area contributed by atoms with Crippen LogP contribution in [0.15, 0.2) is 24.5 Å². The van der Waals surface area contributed by atoms with Crippen molar-refractivity contribution in [3.63, 3.8) is 0 Å². The van der Waals surface area contributed by atoms with Crippen LogP contribution in [0.3, 0.4) is 0 Å². The monoisotopic (exact) mass is 275 g/mol. The maximum absolute atomic E-state index is 11.8. The fourth-order valence-corrected chi connectivity index (χ4v) is 2.35. The van der Waals surface area contributed by atoms with Gasteiger partial charge in [-0.15, -0.1) is 0 Å². The minimum Gasteiger partial charge on any atom is -0.352 e. The van der Waals surface area contributed by atoms with E-state index in [1.807, 2.05) is 4.90 Å².